The highest BCUT2D eigenvalue weighted by atomic mass is 16.4. The van der Waals surface area contributed by atoms with Crippen molar-refractivity contribution in [2.24, 2.45) is 0 Å². The van der Waals surface area contributed by atoms with Crippen LogP contribution in [0.15, 0.2) is 0 Å². The summed E-state index contributed by atoms with van der Waals surface area (Å²) in [6.07, 6.45) is 1.94. The smallest absolute Gasteiger partial charge is 0.326 e. The molecule has 0 rings (SSSR count). The van der Waals surface area contributed by atoms with Crippen molar-refractivity contribution in [3.8, 4) is 0 Å². The maximum Gasteiger partial charge on any atom is 0.326 e. The van der Waals surface area contributed by atoms with Crippen LogP contribution in [-0.2, 0) is 14.4 Å². The third-order valence-corrected chi connectivity index (χ3v) is 2.89. The zero-order valence-corrected chi connectivity index (χ0v) is 12.1. The molecule has 0 aliphatic heterocycles. The molecule has 0 aliphatic rings. The molecule has 1 unspecified atom stereocenters. The Hall–Kier alpha value is -1.63. The topological polar surface area (TPSA) is 107 Å². The van der Waals surface area contributed by atoms with Gasteiger partial charge in [0.05, 0.1) is 0 Å². The number of nitrogens with one attached hydrogen (secondary N) is 1. The number of carboxylic acids is 2. The average molecular weight is 288 g/mol. The average Bonchev–Trinajstić information content (AvgIpc) is 2.38. The summed E-state index contributed by atoms with van der Waals surface area (Å²) in [5.74, 6) is -2.66. The number of hydrogen-bond acceptors (Lipinski definition) is 4. The number of hydrogen-bond donors (Lipinski definition) is 3. The maximum atomic E-state index is 11.6. The van der Waals surface area contributed by atoms with Crippen LogP contribution in [0.1, 0.15) is 39.0 Å². The molecule has 0 heterocycles. The van der Waals surface area contributed by atoms with E-state index in [9.17, 15) is 14.4 Å². The molecule has 7 heteroatoms. The molecule has 1 amide bonds. The minimum atomic E-state index is -1.21. The van der Waals surface area contributed by atoms with Crippen LogP contribution in [0.25, 0.3) is 0 Å². The summed E-state index contributed by atoms with van der Waals surface area (Å²) >= 11 is 0. The second-order valence-corrected chi connectivity index (χ2v) is 4.80. The predicted molar refractivity (Wildman–Crippen MR) is 73.5 cm³/mol. The van der Waals surface area contributed by atoms with Gasteiger partial charge in [-0.3, -0.25) is 9.59 Å². The molecule has 0 aromatic carbocycles. The summed E-state index contributed by atoms with van der Waals surface area (Å²) in [6, 6.07) is -1.14. The lowest BCUT2D eigenvalue weighted by Gasteiger charge is -2.17. The van der Waals surface area contributed by atoms with E-state index < -0.39 is 18.0 Å². The minimum absolute atomic E-state index is 0.109. The Balaban J connectivity index is 4.06. The van der Waals surface area contributed by atoms with E-state index in [2.05, 4.69) is 12.2 Å². The van der Waals surface area contributed by atoms with E-state index in [1.807, 2.05) is 11.9 Å². The number of carbonyl (C=O) groups is 3. The van der Waals surface area contributed by atoms with Gasteiger partial charge in [-0.1, -0.05) is 13.3 Å². The van der Waals surface area contributed by atoms with Crippen LogP contribution in [0.3, 0.4) is 0 Å². The van der Waals surface area contributed by atoms with Gasteiger partial charge in [0.1, 0.15) is 6.04 Å². The molecule has 20 heavy (non-hydrogen) atoms. The van der Waals surface area contributed by atoms with Crippen molar-refractivity contribution in [3.05, 3.63) is 0 Å². The van der Waals surface area contributed by atoms with Crippen LogP contribution in [-0.4, -0.2) is 59.1 Å². The molecular formula is C13H24N2O5. The van der Waals surface area contributed by atoms with Crippen LogP contribution in [0.2, 0.25) is 0 Å². The summed E-state index contributed by atoms with van der Waals surface area (Å²) in [6.45, 7) is 3.53. The second-order valence-electron chi connectivity index (χ2n) is 4.80. The minimum Gasteiger partial charge on any atom is -0.481 e. The van der Waals surface area contributed by atoms with Crippen molar-refractivity contribution in [2.45, 2.75) is 45.1 Å². The monoisotopic (exact) mass is 288 g/mol. The lowest BCUT2D eigenvalue weighted by molar-refractivity contribution is -0.143. The first-order valence-electron chi connectivity index (χ1n) is 6.79. The molecule has 0 radical (unpaired) electrons. The zero-order chi connectivity index (χ0) is 15.5. The van der Waals surface area contributed by atoms with Gasteiger partial charge in [-0.05, 0) is 26.4 Å². The Morgan fingerprint density at radius 1 is 1.15 bits per heavy atom. The summed E-state index contributed by atoms with van der Waals surface area (Å²) in [5.41, 5.74) is 0. The first kappa shape index (κ1) is 18.4. The van der Waals surface area contributed by atoms with E-state index in [0.717, 1.165) is 19.4 Å². The molecule has 0 saturated carbocycles. The molecule has 7 nitrogen and oxygen atoms in total. The van der Waals surface area contributed by atoms with Gasteiger partial charge in [0, 0.05) is 19.4 Å². The number of carboxylic acid groups (broad SMARTS) is 2. The number of carbonyl (C=O) groups excluding carboxylic acids is 1. The molecule has 0 fully saturated rings. The summed E-state index contributed by atoms with van der Waals surface area (Å²) < 4.78 is 0. The van der Waals surface area contributed by atoms with Gasteiger partial charge < -0.3 is 20.4 Å². The molecule has 1 atom stereocenters. The number of aliphatic carboxylic acids is 2. The summed E-state index contributed by atoms with van der Waals surface area (Å²) in [5, 5.41) is 19.8. The Bertz CT molecular complexity index is 333. The van der Waals surface area contributed by atoms with Crippen LogP contribution in [0.4, 0.5) is 0 Å². The largest absolute Gasteiger partial charge is 0.481 e. The summed E-state index contributed by atoms with van der Waals surface area (Å²) in [4.78, 5) is 35.0. The molecule has 0 saturated heterocycles. The molecule has 0 bridgehead atoms. The Morgan fingerprint density at radius 2 is 1.80 bits per heavy atom. The fraction of sp³-hybridized carbons (Fsp3) is 0.769. The summed E-state index contributed by atoms with van der Waals surface area (Å²) in [7, 11) is 1.90. The van der Waals surface area contributed by atoms with Gasteiger partial charge in [0.25, 0.3) is 0 Å². The number of nitrogens with zero attached hydrogens (tertiary/aromatic N) is 1. The molecule has 0 aromatic heterocycles. The van der Waals surface area contributed by atoms with Gasteiger partial charge in [0.15, 0.2) is 0 Å². The lowest BCUT2D eigenvalue weighted by Crippen LogP contribution is -2.42. The van der Waals surface area contributed by atoms with Gasteiger partial charge in [-0.2, -0.15) is 0 Å². The van der Waals surface area contributed by atoms with Crippen LogP contribution in [0.5, 0.6) is 0 Å². The Kier molecular flexibility index (Phi) is 9.36. The first-order chi connectivity index (χ1) is 9.36. The van der Waals surface area contributed by atoms with Crippen LogP contribution >= 0.6 is 0 Å². The van der Waals surface area contributed by atoms with Gasteiger partial charge in [-0.25, -0.2) is 4.79 Å². The third kappa shape index (κ3) is 9.32. The van der Waals surface area contributed by atoms with Crippen molar-refractivity contribution >= 4 is 17.8 Å². The van der Waals surface area contributed by atoms with E-state index in [0.29, 0.717) is 6.54 Å². The predicted octanol–water partition coefficient (Wildman–Crippen LogP) is 0.543. The van der Waals surface area contributed by atoms with E-state index in [1.165, 1.54) is 0 Å². The molecule has 0 aliphatic carbocycles. The molecule has 0 spiro atoms. The first-order valence-corrected chi connectivity index (χ1v) is 6.79. The zero-order valence-electron chi connectivity index (χ0n) is 12.1. The second kappa shape index (κ2) is 10.2. The van der Waals surface area contributed by atoms with Crippen molar-refractivity contribution in [3.63, 3.8) is 0 Å². The van der Waals surface area contributed by atoms with Crippen LogP contribution in [0, 0.1) is 0 Å². The lowest BCUT2D eigenvalue weighted by atomic mass is 10.1. The van der Waals surface area contributed by atoms with Crippen molar-refractivity contribution in [1.29, 1.82) is 0 Å². The Morgan fingerprint density at radius 3 is 2.30 bits per heavy atom. The van der Waals surface area contributed by atoms with Gasteiger partial charge in [-0.15, -0.1) is 0 Å². The fourth-order valence-electron chi connectivity index (χ4n) is 1.62. The van der Waals surface area contributed by atoms with Crippen molar-refractivity contribution < 1.29 is 24.6 Å². The number of unbranched alkanes of at least 4 members (excludes halogenated alkanes) is 1. The number of amides is 1. The van der Waals surface area contributed by atoms with Crippen molar-refractivity contribution in [2.75, 3.05) is 20.1 Å². The van der Waals surface area contributed by atoms with E-state index in [4.69, 9.17) is 10.2 Å². The van der Waals surface area contributed by atoms with Crippen LogP contribution < -0.4 is 5.32 Å². The number of rotatable bonds is 11. The molecule has 0 aromatic rings. The van der Waals surface area contributed by atoms with Gasteiger partial charge in [0.2, 0.25) is 5.91 Å². The van der Waals surface area contributed by atoms with Crippen molar-refractivity contribution in [1.82, 2.24) is 10.2 Å². The SMILES string of the molecule is CCCCN(C)CCC(=O)NC(CCC(=O)O)C(=O)O. The van der Waals surface area contributed by atoms with E-state index in [1.54, 1.807) is 0 Å². The van der Waals surface area contributed by atoms with E-state index in [-0.39, 0.29) is 25.2 Å². The maximum absolute atomic E-state index is 11.6. The quantitative estimate of drug-likeness (QED) is 0.512. The third-order valence-electron chi connectivity index (χ3n) is 2.89. The highest BCUT2D eigenvalue weighted by molar-refractivity contribution is 5.84. The normalized spacial score (nSPS) is 12.2. The van der Waals surface area contributed by atoms with Gasteiger partial charge >= 0.3 is 11.9 Å². The van der Waals surface area contributed by atoms with E-state index >= 15 is 0 Å². The molecule has 3 N–H and O–H groups in total. The fourth-order valence-corrected chi connectivity index (χ4v) is 1.62. The highest BCUT2D eigenvalue weighted by Gasteiger charge is 2.20. The Labute approximate surface area is 119 Å². The standard InChI is InChI=1S/C13H24N2O5/c1-3-4-8-15(2)9-7-11(16)14-10(13(19)20)5-6-12(17)18/h10H,3-9H2,1-2H3,(H,14,16)(H,17,18)(H,19,20). The highest BCUT2D eigenvalue weighted by Crippen LogP contribution is 2.00. The molecule has 116 valence electrons. The molecular weight excluding hydrogens is 264 g/mol.